The van der Waals surface area contributed by atoms with E-state index in [2.05, 4.69) is 72.5 Å². The van der Waals surface area contributed by atoms with E-state index in [1.165, 1.54) is 27.8 Å². The van der Waals surface area contributed by atoms with Crippen LogP contribution in [-0.4, -0.2) is 24.5 Å². The second kappa shape index (κ2) is 6.78. The molecule has 2 aliphatic rings. The van der Waals surface area contributed by atoms with Crippen LogP contribution in [0.1, 0.15) is 41.5 Å². The van der Waals surface area contributed by atoms with Gasteiger partial charge in [0.15, 0.2) is 0 Å². The van der Waals surface area contributed by atoms with Gasteiger partial charge in [0.1, 0.15) is 0 Å². The molecule has 0 atom stereocenters. The number of benzene rings is 2. The van der Waals surface area contributed by atoms with Gasteiger partial charge >= 0.3 is 0 Å². The van der Waals surface area contributed by atoms with Crippen molar-refractivity contribution in [3.63, 3.8) is 0 Å². The van der Waals surface area contributed by atoms with Gasteiger partial charge in [-0.1, -0.05) is 73.2 Å². The van der Waals surface area contributed by atoms with Crippen LogP contribution in [0.5, 0.6) is 0 Å². The first-order chi connectivity index (χ1) is 11.9. The third-order valence-electron chi connectivity index (χ3n) is 5.19. The molecule has 2 aromatic carbocycles. The molecule has 24 heavy (non-hydrogen) atoms. The Hall–Kier alpha value is -2.12. The minimum absolute atomic E-state index is 1.00. The average Bonchev–Trinajstić information content (AvgIpc) is 2.80. The van der Waals surface area contributed by atoms with E-state index in [0.29, 0.717) is 0 Å². The summed E-state index contributed by atoms with van der Waals surface area (Å²) in [4.78, 5) is 2.55. The zero-order valence-corrected chi connectivity index (χ0v) is 14.2. The lowest BCUT2D eigenvalue weighted by Crippen LogP contribution is -2.31. The van der Waals surface area contributed by atoms with Crippen LogP contribution in [0.25, 0.3) is 17.7 Å². The molecule has 1 radical (unpaired) electrons. The van der Waals surface area contributed by atoms with Crippen molar-refractivity contribution in [1.82, 2.24) is 4.90 Å². The van der Waals surface area contributed by atoms with Gasteiger partial charge in [-0.25, -0.2) is 0 Å². The van der Waals surface area contributed by atoms with Crippen molar-refractivity contribution in [1.29, 1.82) is 0 Å². The van der Waals surface area contributed by atoms with Gasteiger partial charge in [-0.3, -0.25) is 0 Å². The van der Waals surface area contributed by atoms with E-state index in [0.717, 1.165) is 38.9 Å². The summed E-state index contributed by atoms with van der Waals surface area (Å²) in [5.41, 5.74) is 8.52. The lowest BCUT2D eigenvalue weighted by atomic mass is 9.86. The Labute approximate surface area is 145 Å². The fourth-order valence-corrected chi connectivity index (χ4v) is 3.97. The lowest BCUT2D eigenvalue weighted by molar-refractivity contribution is 0.261. The third-order valence-corrected chi connectivity index (χ3v) is 5.19. The summed E-state index contributed by atoms with van der Waals surface area (Å²) in [5, 5.41) is 0. The lowest BCUT2D eigenvalue weighted by Gasteiger charge is -2.30. The van der Waals surface area contributed by atoms with Crippen LogP contribution < -0.4 is 0 Å². The van der Waals surface area contributed by atoms with E-state index in [4.69, 9.17) is 0 Å². The molecule has 0 bridgehead atoms. The van der Waals surface area contributed by atoms with Gasteiger partial charge in [-0.05, 0) is 53.6 Å². The van der Waals surface area contributed by atoms with E-state index >= 15 is 0 Å². The Bertz CT molecular complexity index is 736. The molecule has 0 N–H and O–H groups in total. The van der Waals surface area contributed by atoms with Crippen LogP contribution in [0.15, 0.2) is 54.1 Å². The number of nitrogens with zero attached hydrogens (tertiary/aromatic N) is 1. The van der Waals surface area contributed by atoms with Gasteiger partial charge in [-0.2, -0.15) is 0 Å². The Kier molecular flexibility index (Phi) is 4.36. The Balaban J connectivity index is 1.82. The van der Waals surface area contributed by atoms with Gasteiger partial charge in [0.25, 0.3) is 0 Å². The van der Waals surface area contributed by atoms with Crippen molar-refractivity contribution >= 4 is 17.7 Å². The van der Waals surface area contributed by atoms with E-state index in [9.17, 15) is 0 Å². The molecule has 0 spiro atoms. The first kappa shape index (κ1) is 15.4. The molecule has 1 aliphatic carbocycles. The molecule has 1 aliphatic heterocycles. The molecular formula is C23H24N. The van der Waals surface area contributed by atoms with Crippen molar-refractivity contribution < 1.29 is 0 Å². The minimum atomic E-state index is 1.00. The molecule has 0 aromatic heterocycles. The van der Waals surface area contributed by atoms with Gasteiger partial charge in [-0.15, -0.1) is 0 Å². The molecule has 1 heteroatoms. The summed E-state index contributed by atoms with van der Waals surface area (Å²) in [6.45, 7) is 7.44. The maximum atomic E-state index is 4.00. The average molecular weight is 314 g/mol. The molecular weight excluding hydrogens is 290 g/mol. The standard InChI is InChI=1S/C23H24N/c1-2-15-24-16-13-20(14-17-24)23-21-9-5-3-7-18(21)11-12-19-8-4-6-10-22(19)23/h3-12H,1-2,13-17H2. The van der Waals surface area contributed by atoms with Gasteiger partial charge in [0.2, 0.25) is 0 Å². The number of hydrogen-bond acceptors (Lipinski definition) is 1. The number of likely N-dealkylation sites (tertiary alicyclic amines) is 1. The largest absolute Gasteiger partial charge is 0.303 e. The van der Waals surface area contributed by atoms with Gasteiger partial charge < -0.3 is 4.90 Å². The maximum Gasteiger partial charge on any atom is 0.00190 e. The van der Waals surface area contributed by atoms with E-state index in [1.807, 2.05) is 0 Å². The molecule has 1 nitrogen and oxygen atoms in total. The highest BCUT2D eigenvalue weighted by molar-refractivity contribution is 5.94. The molecule has 2 aromatic rings. The van der Waals surface area contributed by atoms with E-state index in [1.54, 1.807) is 5.57 Å². The SMILES string of the molecule is [CH2]CCN1CCC(=C2c3ccccc3C=Cc3ccccc32)CC1. The van der Waals surface area contributed by atoms with Crippen molar-refractivity contribution in [2.75, 3.05) is 19.6 Å². The summed E-state index contributed by atoms with van der Waals surface area (Å²) >= 11 is 0. The summed E-state index contributed by atoms with van der Waals surface area (Å²) in [7, 11) is 0. The summed E-state index contributed by atoms with van der Waals surface area (Å²) in [6, 6.07) is 17.6. The predicted molar refractivity (Wildman–Crippen MR) is 103 cm³/mol. The van der Waals surface area contributed by atoms with Gasteiger partial charge in [0.05, 0.1) is 0 Å². The summed E-state index contributed by atoms with van der Waals surface area (Å²) < 4.78 is 0. The van der Waals surface area contributed by atoms with Crippen molar-refractivity contribution in [3.05, 3.63) is 83.3 Å². The van der Waals surface area contributed by atoms with Crippen LogP contribution in [-0.2, 0) is 0 Å². The topological polar surface area (TPSA) is 3.24 Å². The molecule has 0 unspecified atom stereocenters. The van der Waals surface area contributed by atoms with Crippen LogP contribution in [0, 0.1) is 6.92 Å². The number of hydrogen-bond donors (Lipinski definition) is 0. The monoisotopic (exact) mass is 314 g/mol. The van der Waals surface area contributed by atoms with E-state index < -0.39 is 0 Å². The normalized spacial score (nSPS) is 17.4. The highest BCUT2D eigenvalue weighted by Crippen LogP contribution is 2.38. The summed E-state index contributed by atoms with van der Waals surface area (Å²) in [6.07, 6.45) is 7.86. The van der Waals surface area contributed by atoms with Gasteiger partial charge in [0, 0.05) is 13.1 Å². The number of rotatable bonds is 2. The fraction of sp³-hybridized carbons (Fsp3) is 0.261. The van der Waals surface area contributed by atoms with Crippen molar-refractivity contribution in [3.8, 4) is 0 Å². The fourth-order valence-electron chi connectivity index (χ4n) is 3.97. The number of fused-ring (bicyclic) bond motifs is 2. The molecule has 4 rings (SSSR count). The molecule has 1 fully saturated rings. The van der Waals surface area contributed by atoms with Crippen molar-refractivity contribution in [2.24, 2.45) is 0 Å². The first-order valence-corrected chi connectivity index (χ1v) is 8.97. The Morgan fingerprint density at radius 1 is 0.792 bits per heavy atom. The molecule has 0 amide bonds. The molecule has 0 saturated carbocycles. The van der Waals surface area contributed by atoms with Crippen molar-refractivity contribution in [2.45, 2.75) is 19.3 Å². The highest BCUT2D eigenvalue weighted by Gasteiger charge is 2.21. The molecule has 121 valence electrons. The highest BCUT2D eigenvalue weighted by atomic mass is 15.1. The summed E-state index contributed by atoms with van der Waals surface area (Å²) in [5.74, 6) is 0. The van der Waals surface area contributed by atoms with E-state index in [-0.39, 0.29) is 0 Å². The van der Waals surface area contributed by atoms with Crippen LogP contribution >= 0.6 is 0 Å². The Morgan fingerprint density at radius 3 is 1.88 bits per heavy atom. The van der Waals surface area contributed by atoms with Crippen LogP contribution in [0.3, 0.4) is 0 Å². The third kappa shape index (κ3) is 2.85. The second-order valence-electron chi connectivity index (χ2n) is 6.68. The number of piperidine rings is 1. The second-order valence-corrected chi connectivity index (χ2v) is 6.68. The van der Waals surface area contributed by atoms with Crippen LogP contribution in [0.4, 0.5) is 0 Å². The quantitative estimate of drug-likeness (QED) is 0.621. The first-order valence-electron chi connectivity index (χ1n) is 8.97. The van der Waals surface area contributed by atoms with Crippen LogP contribution in [0.2, 0.25) is 0 Å². The predicted octanol–water partition coefficient (Wildman–Crippen LogP) is 5.29. The Morgan fingerprint density at radius 2 is 1.33 bits per heavy atom. The zero-order chi connectivity index (χ0) is 16.4. The molecule has 1 saturated heterocycles. The maximum absolute atomic E-state index is 4.00. The molecule has 1 heterocycles. The smallest absolute Gasteiger partial charge is 0.00190 e. The minimum Gasteiger partial charge on any atom is -0.303 e. The zero-order valence-electron chi connectivity index (χ0n) is 14.2.